The van der Waals surface area contributed by atoms with Gasteiger partial charge in [0, 0.05) is 36.6 Å². The van der Waals surface area contributed by atoms with Crippen LogP contribution >= 0.6 is 11.6 Å². The topological polar surface area (TPSA) is 44.8 Å². The number of aromatic nitrogens is 3. The number of halogens is 1. The first-order valence-electron chi connectivity index (χ1n) is 8.00. The Kier molecular flexibility index (Phi) is 3.90. The van der Waals surface area contributed by atoms with Crippen LogP contribution in [0.15, 0.2) is 60.8 Å². The number of nitrogens with zero attached hydrogens (tertiary/aromatic N) is 3. The molecule has 2 heterocycles. The van der Waals surface area contributed by atoms with E-state index in [1.54, 1.807) is 6.20 Å². The molecule has 2 aromatic carbocycles. The van der Waals surface area contributed by atoms with E-state index in [1.807, 2.05) is 44.4 Å². The van der Waals surface area contributed by atoms with Crippen LogP contribution in [0.1, 0.15) is 0 Å². The molecule has 0 saturated carbocycles. The lowest BCUT2D eigenvalue weighted by atomic mass is 9.99. The molecule has 5 heteroatoms. The maximum atomic E-state index is 6.17. The fourth-order valence-corrected chi connectivity index (χ4v) is 3.18. The average Bonchev–Trinajstić information content (AvgIpc) is 3.06. The van der Waals surface area contributed by atoms with Crippen LogP contribution in [0.3, 0.4) is 0 Å². The zero-order valence-electron chi connectivity index (χ0n) is 14.0. The van der Waals surface area contributed by atoms with Crippen LogP contribution in [0, 0.1) is 0 Å². The molecule has 4 aromatic rings. The zero-order chi connectivity index (χ0) is 17.4. The third kappa shape index (κ3) is 2.85. The molecular weight excluding hydrogens is 332 g/mol. The first kappa shape index (κ1) is 15.7. The fourth-order valence-electron chi connectivity index (χ4n) is 2.99. The lowest BCUT2D eigenvalue weighted by Gasteiger charge is -2.14. The number of anilines is 1. The Morgan fingerprint density at radius 2 is 1.76 bits per heavy atom. The van der Waals surface area contributed by atoms with Gasteiger partial charge in [-0.2, -0.15) is 5.10 Å². The molecule has 25 heavy (non-hydrogen) atoms. The first-order chi connectivity index (χ1) is 12.1. The Morgan fingerprint density at radius 3 is 2.56 bits per heavy atom. The second-order valence-electron chi connectivity index (χ2n) is 6.11. The summed E-state index contributed by atoms with van der Waals surface area (Å²) in [7, 11) is 4.08. The number of hydrogen-bond donors (Lipinski definition) is 1. The Balaban J connectivity index is 1.96. The minimum absolute atomic E-state index is 0.695. The fraction of sp³-hybridized carbons (Fsp3) is 0.100. The van der Waals surface area contributed by atoms with E-state index < -0.39 is 0 Å². The summed E-state index contributed by atoms with van der Waals surface area (Å²) in [6.45, 7) is 0. The Morgan fingerprint density at radius 1 is 0.960 bits per heavy atom. The molecule has 0 atom stereocenters. The van der Waals surface area contributed by atoms with Crippen LogP contribution in [0.5, 0.6) is 0 Å². The van der Waals surface area contributed by atoms with E-state index in [0.29, 0.717) is 10.7 Å². The van der Waals surface area contributed by atoms with Gasteiger partial charge in [0.2, 0.25) is 0 Å². The van der Waals surface area contributed by atoms with E-state index in [0.717, 1.165) is 33.5 Å². The summed E-state index contributed by atoms with van der Waals surface area (Å²) >= 11 is 6.17. The van der Waals surface area contributed by atoms with Crippen LogP contribution in [-0.2, 0) is 0 Å². The molecule has 0 aliphatic carbocycles. The lowest BCUT2D eigenvalue weighted by Crippen LogP contribution is -2.08. The van der Waals surface area contributed by atoms with Crippen LogP contribution in [-0.4, -0.2) is 29.3 Å². The van der Waals surface area contributed by atoms with Gasteiger partial charge in [0.25, 0.3) is 0 Å². The van der Waals surface area contributed by atoms with Crippen molar-refractivity contribution in [2.45, 2.75) is 0 Å². The number of pyridine rings is 1. The Labute approximate surface area is 151 Å². The molecule has 0 fully saturated rings. The van der Waals surface area contributed by atoms with E-state index in [9.17, 15) is 0 Å². The highest BCUT2D eigenvalue weighted by molar-refractivity contribution is 6.30. The molecule has 2 aromatic heterocycles. The highest BCUT2D eigenvalue weighted by atomic mass is 35.5. The van der Waals surface area contributed by atoms with Crippen molar-refractivity contribution in [3.05, 3.63) is 65.8 Å². The van der Waals surface area contributed by atoms with Crippen molar-refractivity contribution < 1.29 is 0 Å². The summed E-state index contributed by atoms with van der Waals surface area (Å²) in [5.74, 6) is 0. The van der Waals surface area contributed by atoms with E-state index in [4.69, 9.17) is 11.6 Å². The summed E-state index contributed by atoms with van der Waals surface area (Å²) in [4.78, 5) is 6.50. The number of hydrogen-bond acceptors (Lipinski definition) is 3. The van der Waals surface area contributed by atoms with Gasteiger partial charge in [-0.1, -0.05) is 35.9 Å². The average molecular weight is 349 g/mol. The van der Waals surface area contributed by atoms with E-state index in [2.05, 4.69) is 44.3 Å². The maximum Gasteiger partial charge on any atom is 0.182 e. The number of nitrogens with one attached hydrogen (secondary N) is 1. The quantitative estimate of drug-likeness (QED) is 0.566. The first-order valence-corrected chi connectivity index (χ1v) is 8.38. The van der Waals surface area contributed by atoms with E-state index in [-0.39, 0.29) is 0 Å². The number of fused-ring (bicyclic) bond motifs is 1. The molecule has 0 radical (unpaired) electrons. The van der Waals surface area contributed by atoms with Crippen LogP contribution < -0.4 is 4.90 Å². The number of aromatic amines is 1. The van der Waals surface area contributed by atoms with Gasteiger partial charge in [0.05, 0.1) is 11.1 Å². The predicted octanol–water partition coefficient (Wildman–Crippen LogP) is 5.01. The third-order valence-electron chi connectivity index (χ3n) is 4.24. The van der Waals surface area contributed by atoms with Gasteiger partial charge in [-0.25, -0.2) is 4.98 Å². The van der Waals surface area contributed by atoms with Crippen molar-refractivity contribution >= 4 is 28.3 Å². The van der Waals surface area contributed by atoms with Crippen molar-refractivity contribution in [1.82, 2.24) is 15.2 Å². The summed E-state index contributed by atoms with van der Waals surface area (Å²) in [5.41, 5.74) is 5.99. The van der Waals surface area contributed by atoms with E-state index >= 15 is 0 Å². The summed E-state index contributed by atoms with van der Waals surface area (Å²) < 4.78 is 0. The largest absolute Gasteiger partial charge is 0.378 e. The lowest BCUT2D eigenvalue weighted by molar-refractivity contribution is 1.10. The second kappa shape index (κ2) is 6.22. The van der Waals surface area contributed by atoms with Crippen LogP contribution in [0.25, 0.3) is 33.4 Å². The zero-order valence-corrected chi connectivity index (χ0v) is 14.7. The standard InChI is InChI=1S/C20H17ClN4/c1-25(2)16-8-4-5-13(12-16)17-9-10-22-20-18(17)19(23-24-20)14-6-3-7-15(21)11-14/h3-12H,1-2H3,(H,22,23,24). The van der Waals surface area contributed by atoms with Gasteiger partial charge in [-0.15, -0.1) is 0 Å². The number of H-pyrrole nitrogens is 1. The molecule has 4 nitrogen and oxygen atoms in total. The van der Waals surface area contributed by atoms with Gasteiger partial charge >= 0.3 is 0 Å². The van der Waals surface area contributed by atoms with Crippen molar-refractivity contribution in [2.24, 2.45) is 0 Å². The summed E-state index contributed by atoms with van der Waals surface area (Å²) in [6.07, 6.45) is 1.79. The third-order valence-corrected chi connectivity index (χ3v) is 4.48. The molecule has 0 amide bonds. The molecule has 1 N–H and O–H groups in total. The van der Waals surface area contributed by atoms with Gasteiger partial charge < -0.3 is 4.90 Å². The van der Waals surface area contributed by atoms with Crippen molar-refractivity contribution in [3.63, 3.8) is 0 Å². The molecular formula is C20H17ClN4. The number of benzene rings is 2. The predicted molar refractivity (Wildman–Crippen MR) is 104 cm³/mol. The second-order valence-corrected chi connectivity index (χ2v) is 6.55. The highest BCUT2D eigenvalue weighted by Gasteiger charge is 2.14. The maximum absolute atomic E-state index is 6.17. The van der Waals surface area contributed by atoms with Gasteiger partial charge in [0.15, 0.2) is 5.65 Å². The molecule has 0 unspecified atom stereocenters. The molecule has 0 saturated heterocycles. The molecule has 0 aliphatic heterocycles. The normalized spacial score (nSPS) is 11.0. The van der Waals surface area contributed by atoms with Gasteiger partial charge in [-0.05, 0) is 41.5 Å². The van der Waals surface area contributed by atoms with Crippen molar-refractivity contribution in [2.75, 3.05) is 19.0 Å². The molecule has 0 spiro atoms. The van der Waals surface area contributed by atoms with Crippen LogP contribution in [0.4, 0.5) is 5.69 Å². The monoisotopic (exact) mass is 348 g/mol. The van der Waals surface area contributed by atoms with Crippen molar-refractivity contribution in [3.8, 4) is 22.4 Å². The van der Waals surface area contributed by atoms with Gasteiger partial charge in [0.1, 0.15) is 0 Å². The minimum atomic E-state index is 0.695. The highest BCUT2D eigenvalue weighted by Crippen LogP contribution is 2.35. The smallest absolute Gasteiger partial charge is 0.182 e. The molecule has 4 rings (SSSR count). The minimum Gasteiger partial charge on any atom is -0.378 e. The summed E-state index contributed by atoms with van der Waals surface area (Å²) in [5, 5.41) is 9.20. The molecule has 0 aliphatic rings. The van der Waals surface area contributed by atoms with Crippen LogP contribution in [0.2, 0.25) is 5.02 Å². The Hall–Kier alpha value is -2.85. The number of rotatable bonds is 3. The van der Waals surface area contributed by atoms with Gasteiger partial charge in [-0.3, -0.25) is 5.10 Å². The summed E-state index contributed by atoms with van der Waals surface area (Å²) in [6, 6.07) is 18.2. The Bertz CT molecular complexity index is 1050. The van der Waals surface area contributed by atoms with E-state index in [1.165, 1.54) is 0 Å². The van der Waals surface area contributed by atoms with Crippen molar-refractivity contribution in [1.29, 1.82) is 0 Å². The molecule has 0 bridgehead atoms. The molecule has 124 valence electrons. The SMILES string of the molecule is CN(C)c1cccc(-c2ccnc3n[nH]c(-c4cccc(Cl)c4)c23)c1.